The van der Waals surface area contributed by atoms with Crippen molar-refractivity contribution < 1.29 is 4.79 Å². The Hall–Kier alpha value is -2.69. The van der Waals surface area contributed by atoms with E-state index in [0.29, 0.717) is 5.75 Å². The number of halogens is 1. The third-order valence-electron chi connectivity index (χ3n) is 5.43. The number of fused-ring (bicyclic) bond motifs is 1. The molecule has 0 fully saturated rings. The van der Waals surface area contributed by atoms with Crippen LogP contribution in [-0.4, -0.2) is 16.2 Å². The third kappa shape index (κ3) is 5.76. The van der Waals surface area contributed by atoms with Crippen molar-refractivity contribution in [1.29, 1.82) is 0 Å². The summed E-state index contributed by atoms with van der Waals surface area (Å²) in [5.74, 6) is 0.373. The van der Waals surface area contributed by atoms with Crippen LogP contribution in [0, 0.1) is 0 Å². The van der Waals surface area contributed by atoms with Crippen molar-refractivity contribution in [3.8, 4) is 0 Å². The van der Waals surface area contributed by atoms with Crippen molar-refractivity contribution in [3.05, 3.63) is 95.1 Å². The first-order chi connectivity index (χ1) is 15.6. The number of benzene rings is 3. The zero-order valence-electron chi connectivity index (χ0n) is 18.2. The fraction of sp³-hybridized carbons (Fsp3) is 0.222. The van der Waals surface area contributed by atoms with Crippen LogP contribution >= 0.6 is 23.4 Å². The Labute approximate surface area is 198 Å². The molecular formula is C27H27ClN2OS. The van der Waals surface area contributed by atoms with Gasteiger partial charge in [0.2, 0.25) is 5.91 Å². The Morgan fingerprint density at radius 1 is 0.969 bits per heavy atom. The van der Waals surface area contributed by atoms with E-state index in [1.54, 1.807) is 11.8 Å². The first-order valence-electron chi connectivity index (χ1n) is 11.0. The SMILES string of the molecule is CCCCc1ccc(NC(=O)CSc2cn(Cc3ccc(Cl)cc3)c3ccccc23)cc1. The maximum Gasteiger partial charge on any atom is 0.234 e. The molecule has 0 saturated heterocycles. The average Bonchev–Trinajstić information content (AvgIpc) is 3.16. The van der Waals surface area contributed by atoms with Gasteiger partial charge in [0.1, 0.15) is 0 Å². The van der Waals surface area contributed by atoms with Gasteiger partial charge in [-0.05, 0) is 54.3 Å². The van der Waals surface area contributed by atoms with E-state index in [9.17, 15) is 4.79 Å². The second-order valence-corrected chi connectivity index (χ2v) is 9.36. The van der Waals surface area contributed by atoms with Gasteiger partial charge < -0.3 is 9.88 Å². The van der Waals surface area contributed by atoms with Gasteiger partial charge in [-0.2, -0.15) is 0 Å². The Morgan fingerprint density at radius 2 is 1.69 bits per heavy atom. The lowest BCUT2D eigenvalue weighted by Gasteiger charge is -2.06. The van der Waals surface area contributed by atoms with E-state index < -0.39 is 0 Å². The first-order valence-corrected chi connectivity index (χ1v) is 12.3. The van der Waals surface area contributed by atoms with Crippen LogP contribution in [0.1, 0.15) is 30.9 Å². The standard InChI is InChI=1S/C27H27ClN2OS/c1-2-3-6-20-11-15-23(16-12-20)29-27(31)19-32-26-18-30(25-8-5-4-7-24(25)26)17-21-9-13-22(28)14-10-21/h4-5,7-16,18H,2-3,6,17,19H2,1H3,(H,29,31). The lowest BCUT2D eigenvalue weighted by Crippen LogP contribution is -2.13. The molecular weight excluding hydrogens is 436 g/mol. The number of carbonyl (C=O) groups excluding carboxylic acids is 1. The monoisotopic (exact) mass is 462 g/mol. The predicted octanol–water partition coefficient (Wildman–Crippen LogP) is 7.42. The van der Waals surface area contributed by atoms with Gasteiger partial charge in [-0.1, -0.05) is 67.4 Å². The van der Waals surface area contributed by atoms with Crippen LogP contribution in [0.5, 0.6) is 0 Å². The number of unbranched alkanes of at least 4 members (excludes halogenated alkanes) is 1. The maximum atomic E-state index is 12.6. The summed E-state index contributed by atoms with van der Waals surface area (Å²) in [4.78, 5) is 13.7. The van der Waals surface area contributed by atoms with E-state index in [0.717, 1.165) is 34.1 Å². The van der Waals surface area contributed by atoms with Crippen LogP contribution in [0.2, 0.25) is 5.02 Å². The summed E-state index contributed by atoms with van der Waals surface area (Å²) in [6.45, 7) is 2.95. The van der Waals surface area contributed by atoms with Crippen molar-refractivity contribution in [2.75, 3.05) is 11.1 Å². The molecule has 0 bridgehead atoms. The molecule has 0 aliphatic carbocycles. The van der Waals surface area contributed by atoms with Crippen molar-refractivity contribution in [2.45, 2.75) is 37.6 Å². The van der Waals surface area contributed by atoms with Gasteiger partial charge >= 0.3 is 0 Å². The Kier molecular flexibility index (Phi) is 7.56. The summed E-state index contributed by atoms with van der Waals surface area (Å²) < 4.78 is 2.23. The second kappa shape index (κ2) is 10.8. The smallest absolute Gasteiger partial charge is 0.234 e. The topological polar surface area (TPSA) is 34.0 Å². The number of nitrogens with zero attached hydrogens (tertiary/aromatic N) is 1. The molecule has 1 heterocycles. The molecule has 3 aromatic carbocycles. The molecule has 1 N–H and O–H groups in total. The van der Waals surface area contributed by atoms with Crippen LogP contribution in [0.15, 0.2) is 83.9 Å². The fourth-order valence-electron chi connectivity index (χ4n) is 3.72. The number of hydrogen-bond acceptors (Lipinski definition) is 2. The molecule has 0 aliphatic rings. The molecule has 1 aromatic heterocycles. The Balaban J connectivity index is 1.41. The minimum Gasteiger partial charge on any atom is -0.342 e. The number of amides is 1. The van der Waals surface area contributed by atoms with Crippen LogP contribution in [0.25, 0.3) is 10.9 Å². The van der Waals surface area contributed by atoms with E-state index in [4.69, 9.17) is 11.6 Å². The highest BCUT2D eigenvalue weighted by atomic mass is 35.5. The van der Waals surface area contributed by atoms with Gasteiger partial charge in [-0.3, -0.25) is 4.79 Å². The molecule has 0 spiro atoms. The summed E-state index contributed by atoms with van der Waals surface area (Å²) in [7, 11) is 0. The summed E-state index contributed by atoms with van der Waals surface area (Å²) in [5.41, 5.74) is 4.51. The fourth-order valence-corrected chi connectivity index (χ4v) is 4.74. The van der Waals surface area contributed by atoms with Gasteiger partial charge in [-0.25, -0.2) is 0 Å². The summed E-state index contributed by atoms with van der Waals surface area (Å²) >= 11 is 7.59. The number of carbonyl (C=O) groups is 1. The van der Waals surface area contributed by atoms with E-state index in [1.807, 2.05) is 48.5 Å². The van der Waals surface area contributed by atoms with Crippen LogP contribution < -0.4 is 5.32 Å². The number of thioether (sulfide) groups is 1. The number of aromatic nitrogens is 1. The van der Waals surface area contributed by atoms with Gasteiger partial charge in [0.25, 0.3) is 0 Å². The molecule has 32 heavy (non-hydrogen) atoms. The van der Waals surface area contributed by atoms with Crippen molar-refractivity contribution in [1.82, 2.24) is 4.57 Å². The van der Waals surface area contributed by atoms with E-state index in [2.05, 4.69) is 47.3 Å². The van der Waals surface area contributed by atoms with Crippen molar-refractivity contribution in [3.63, 3.8) is 0 Å². The number of aryl methyl sites for hydroxylation is 1. The molecule has 4 rings (SSSR count). The number of para-hydroxylation sites is 1. The van der Waals surface area contributed by atoms with Crippen molar-refractivity contribution in [2.24, 2.45) is 0 Å². The lowest BCUT2D eigenvalue weighted by molar-refractivity contribution is -0.113. The van der Waals surface area contributed by atoms with Gasteiger partial charge in [0.05, 0.1) is 5.75 Å². The maximum absolute atomic E-state index is 12.6. The summed E-state index contributed by atoms with van der Waals surface area (Å²) in [6, 6.07) is 24.4. The van der Waals surface area contributed by atoms with Crippen LogP contribution in [0.4, 0.5) is 5.69 Å². The van der Waals surface area contributed by atoms with E-state index in [-0.39, 0.29) is 5.91 Å². The molecule has 164 valence electrons. The van der Waals surface area contributed by atoms with Crippen molar-refractivity contribution >= 4 is 45.9 Å². The van der Waals surface area contributed by atoms with Crippen LogP contribution in [0.3, 0.4) is 0 Å². The Morgan fingerprint density at radius 3 is 2.44 bits per heavy atom. The average molecular weight is 463 g/mol. The van der Waals surface area contributed by atoms with E-state index >= 15 is 0 Å². The number of anilines is 1. The molecule has 0 radical (unpaired) electrons. The van der Waals surface area contributed by atoms with Gasteiger partial charge in [0, 0.05) is 39.3 Å². The molecule has 3 nitrogen and oxygen atoms in total. The highest BCUT2D eigenvalue weighted by Crippen LogP contribution is 2.31. The Bertz CT molecular complexity index is 1180. The third-order valence-corrected chi connectivity index (χ3v) is 6.73. The minimum absolute atomic E-state index is 0.00541. The first kappa shape index (κ1) is 22.5. The van der Waals surface area contributed by atoms with E-state index in [1.165, 1.54) is 29.4 Å². The molecule has 4 aromatic rings. The zero-order valence-corrected chi connectivity index (χ0v) is 19.8. The summed E-state index contributed by atoms with van der Waals surface area (Å²) in [5, 5.41) is 4.92. The highest BCUT2D eigenvalue weighted by Gasteiger charge is 2.11. The van der Waals surface area contributed by atoms with Gasteiger partial charge in [0.15, 0.2) is 0 Å². The highest BCUT2D eigenvalue weighted by molar-refractivity contribution is 8.00. The summed E-state index contributed by atoms with van der Waals surface area (Å²) in [6.07, 6.45) is 5.60. The molecule has 0 saturated carbocycles. The predicted molar refractivity (Wildman–Crippen MR) is 137 cm³/mol. The zero-order chi connectivity index (χ0) is 22.3. The minimum atomic E-state index is 0.00541. The molecule has 0 atom stereocenters. The second-order valence-electron chi connectivity index (χ2n) is 7.90. The van der Waals surface area contributed by atoms with Gasteiger partial charge in [-0.15, -0.1) is 11.8 Å². The number of rotatable bonds is 9. The number of nitrogens with one attached hydrogen (secondary N) is 1. The van der Waals surface area contributed by atoms with Crippen LogP contribution in [-0.2, 0) is 17.8 Å². The molecule has 0 aliphatic heterocycles. The molecule has 5 heteroatoms. The molecule has 1 amide bonds. The molecule has 0 unspecified atom stereocenters. The normalized spacial score (nSPS) is 11.1. The quantitative estimate of drug-likeness (QED) is 0.262. The lowest BCUT2D eigenvalue weighted by atomic mass is 10.1. The largest absolute Gasteiger partial charge is 0.342 e. The number of hydrogen-bond donors (Lipinski definition) is 1.